The second-order valence-corrected chi connectivity index (χ2v) is 5.12. The average molecular weight is 407 g/mol. The number of aliphatic hydroxyl groups excluding tert-OH is 3. The molecule has 0 radical (unpaired) electrons. The first-order valence-corrected chi connectivity index (χ1v) is 7.07. The first kappa shape index (κ1) is 26.6. The Morgan fingerprint density at radius 2 is 1.04 bits per heavy atom. The molecule has 0 aromatic carbocycles. The summed E-state index contributed by atoms with van der Waals surface area (Å²) >= 11 is 3.02. The van der Waals surface area contributed by atoms with Crippen molar-refractivity contribution in [2.75, 3.05) is 0 Å². The van der Waals surface area contributed by atoms with Gasteiger partial charge in [0.25, 0.3) is 17.9 Å². The van der Waals surface area contributed by atoms with E-state index in [4.69, 9.17) is 39.5 Å². The van der Waals surface area contributed by atoms with Gasteiger partial charge in [0.1, 0.15) is 23.3 Å². The fourth-order valence-electron chi connectivity index (χ4n) is 1.00. The lowest BCUT2D eigenvalue weighted by molar-refractivity contribution is -0.190. The molecule has 0 amide bonds. The molecule has 0 aromatic heterocycles. The van der Waals surface area contributed by atoms with Gasteiger partial charge in [-0.3, -0.25) is 14.4 Å². The fourth-order valence-corrected chi connectivity index (χ4v) is 1.65. The Bertz CT molecular complexity index is 307. The highest BCUT2D eigenvalue weighted by Gasteiger charge is 2.40. The molecule has 0 aliphatic carbocycles. The van der Waals surface area contributed by atoms with Gasteiger partial charge in [-0.05, 0) is 6.92 Å². The fraction of sp³-hybridized carbons (Fsp3) is 0.750. The van der Waals surface area contributed by atoms with Crippen LogP contribution in [0.25, 0.3) is 0 Å². The lowest BCUT2D eigenvalue weighted by Gasteiger charge is -2.36. The molecule has 6 N–H and O–H groups in total. The van der Waals surface area contributed by atoms with Crippen LogP contribution in [0.4, 0.5) is 0 Å². The molecule has 1 saturated heterocycles. The van der Waals surface area contributed by atoms with E-state index in [0.717, 1.165) is 20.8 Å². The lowest BCUT2D eigenvalue weighted by atomic mass is 10.0. The summed E-state index contributed by atoms with van der Waals surface area (Å²) in [5.41, 5.74) is 0. The number of carbonyl (C=O) groups is 3. The minimum absolute atomic E-state index is 0.460. The predicted octanol–water partition coefficient (Wildman–Crippen LogP) is -0.519. The molecule has 1 aliphatic heterocycles. The van der Waals surface area contributed by atoms with E-state index in [1.807, 2.05) is 0 Å². The summed E-state index contributed by atoms with van der Waals surface area (Å²) in [6.07, 6.45) is -3.68. The number of halogens is 1. The quantitative estimate of drug-likeness (QED) is 0.286. The topological polar surface area (TPSA) is 182 Å². The van der Waals surface area contributed by atoms with Gasteiger partial charge in [0.15, 0.2) is 0 Å². The number of carboxylic acids is 3. The molecule has 0 aromatic rings. The molecular weight excluding hydrogens is 384 g/mol. The van der Waals surface area contributed by atoms with Gasteiger partial charge < -0.3 is 35.4 Å². The first-order chi connectivity index (χ1) is 10.2. The van der Waals surface area contributed by atoms with Crippen LogP contribution < -0.4 is 0 Å². The molecule has 1 fully saturated rings. The number of carboxylic acid groups (broad SMARTS) is 3. The molecule has 1 aliphatic rings. The summed E-state index contributed by atoms with van der Waals surface area (Å²) in [7, 11) is 0. The molecule has 1 unspecified atom stereocenters. The third kappa shape index (κ3) is 20.7. The third-order valence-electron chi connectivity index (χ3n) is 1.79. The van der Waals surface area contributed by atoms with Crippen LogP contribution in [-0.2, 0) is 19.1 Å². The SMILES string of the molecule is CC(=O)O.CC(=O)O.CC(=O)O.C[C@@H]1OC(Br)[C@@H](O)[C@H](O)[C@@H]1O. The number of alkyl halides is 1. The number of ether oxygens (including phenoxy) is 1. The van der Waals surface area contributed by atoms with Gasteiger partial charge in [0, 0.05) is 20.8 Å². The van der Waals surface area contributed by atoms with Crippen LogP contribution in [0.15, 0.2) is 0 Å². The second-order valence-electron chi connectivity index (χ2n) is 4.22. The van der Waals surface area contributed by atoms with Gasteiger partial charge in [0.2, 0.25) is 0 Å². The van der Waals surface area contributed by atoms with Crippen LogP contribution in [0, 0.1) is 0 Å². The number of hydrogen-bond acceptors (Lipinski definition) is 7. The maximum Gasteiger partial charge on any atom is 0.300 e. The van der Waals surface area contributed by atoms with E-state index < -0.39 is 47.3 Å². The van der Waals surface area contributed by atoms with E-state index >= 15 is 0 Å². The van der Waals surface area contributed by atoms with Gasteiger partial charge in [-0.1, -0.05) is 15.9 Å². The summed E-state index contributed by atoms with van der Waals surface area (Å²) in [5, 5.41) is 49.2. The van der Waals surface area contributed by atoms with Gasteiger partial charge in [-0.25, -0.2) is 0 Å². The molecule has 5 atom stereocenters. The number of aliphatic carboxylic acids is 3. The Labute approximate surface area is 141 Å². The van der Waals surface area contributed by atoms with Crippen molar-refractivity contribution in [3.05, 3.63) is 0 Å². The average Bonchev–Trinajstić information content (AvgIpc) is 2.32. The summed E-state index contributed by atoms with van der Waals surface area (Å²) < 4.78 is 5.04. The van der Waals surface area contributed by atoms with E-state index in [-0.39, 0.29) is 0 Å². The zero-order valence-corrected chi connectivity index (χ0v) is 14.7. The van der Waals surface area contributed by atoms with Gasteiger partial charge in [-0.2, -0.15) is 0 Å². The van der Waals surface area contributed by atoms with Crippen molar-refractivity contribution < 1.29 is 49.8 Å². The highest BCUT2D eigenvalue weighted by atomic mass is 79.9. The molecule has 0 spiro atoms. The van der Waals surface area contributed by atoms with Crippen LogP contribution in [0.5, 0.6) is 0 Å². The molecule has 0 saturated carbocycles. The van der Waals surface area contributed by atoms with E-state index in [2.05, 4.69) is 15.9 Å². The van der Waals surface area contributed by atoms with Crippen LogP contribution in [0.2, 0.25) is 0 Å². The number of aliphatic hydroxyl groups is 3. The highest BCUT2D eigenvalue weighted by Crippen LogP contribution is 2.23. The van der Waals surface area contributed by atoms with Crippen molar-refractivity contribution in [3.8, 4) is 0 Å². The Balaban J connectivity index is -0.000000278. The van der Waals surface area contributed by atoms with Crippen molar-refractivity contribution in [1.29, 1.82) is 0 Å². The van der Waals surface area contributed by atoms with Crippen molar-refractivity contribution in [2.24, 2.45) is 0 Å². The maximum absolute atomic E-state index is 9.18. The molecule has 1 rings (SSSR count). The molecule has 138 valence electrons. The van der Waals surface area contributed by atoms with Gasteiger partial charge in [0.05, 0.1) is 6.10 Å². The molecule has 0 bridgehead atoms. The molecule has 11 heteroatoms. The third-order valence-corrected chi connectivity index (χ3v) is 2.55. The Hall–Kier alpha value is -1.27. The number of rotatable bonds is 0. The minimum Gasteiger partial charge on any atom is -0.481 e. The van der Waals surface area contributed by atoms with Crippen LogP contribution in [-0.4, -0.2) is 78.0 Å². The largest absolute Gasteiger partial charge is 0.481 e. The van der Waals surface area contributed by atoms with Crippen LogP contribution in [0.3, 0.4) is 0 Å². The second kappa shape index (κ2) is 14.3. The Kier molecular flexibility index (Phi) is 16.6. The Morgan fingerprint density at radius 1 is 0.783 bits per heavy atom. The first-order valence-electron chi connectivity index (χ1n) is 6.16. The van der Waals surface area contributed by atoms with Crippen molar-refractivity contribution >= 4 is 33.8 Å². The van der Waals surface area contributed by atoms with E-state index in [0.29, 0.717) is 0 Å². The monoisotopic (exact) mass is 406 g/mol. The van der Waals surface area contributed by atoms with E-state index in [9.17, 15) is 10.2 Å². The molecule has 23 heavy (non-hydrogen) atoms. The molecule has 10 nitrogen and oxygen atoms in total. The Morgan fingerprint density at radius 3 is 1.30 bits per heavy atom. The van der Waals surface area contributed by atoms with E-state index in [1.54, 1.807) is 6.92 Å². The molecular formula is C12H23BrO10. The standard InChI is InChI=1S/C6H11BrO4.3C2H4O2/c1-2-3(8)4(9)5(10)6(7)11-2;3*1-2(3)4/h2-6,8-10H,1H3;3*1H3,(H,3,4)/t2-,3+,4+,5-,6?;;;/m0.../s1. The van der Waals surface area contributed by atoms with E-state index in [1.165, 1.54) is 0 Å². The summed E-state index contributed by atoms with van der Waals surface area (Å²) in [4.78, 5) is 27.0. The smallest absolute Gasteiger partial charge is 0.300 e. The predicted molar refractivity (Wildman–Crippen MR) is 81.2 cm³/mol. The number of hydrogen-bond donors (Lipinski definition) is 6. The summed E-state index contributed by atoms with van der Waals surface area (Å²) in [6.45, 7) is 4.88. The minimum atomic E-state index is -1.14. The van der Waals surface area contributed by atoms with Crippen molar-refractivity contribution in [2.45, 2.75) is 57.1 Å². The zero-order chi connectivity index (χ0) is 19.3. The summed E-state index contributed by atoms with van der Waals surface area (Å²) in [6, 6.07) is 0. The van der Waals surface area contributed by atoms with Crippen LogP contribution in [0.1, 0.15) is 27.7 Å². The maximum atomic E-state index is 9.18. The van der Waals surface area contributed by atoms with Crippen molar-refractivity contribution in [3.63, 3.8) is 0 Å². The highest BCUT2D eigenvalue weighted by molar-refractivity contribution is 9.09. The normalized spacial score (nSPS) is 28.4. The van der Waals surface area contributed by atoms with Crippen molar-refractivity contribution in [1.82, 2.24) is 0 Å². The van der Waals surface area contributed by atoms with Crippen LogP contribution >= 0.6 is 15.9 Å². The zero-order valence-electron chi connectivity index (χ0n) is 13.1. The lowest BCUT2D eigenvalue weighted by Crippen LogP contribution is -2.54. The van der Waals surface area contributed by atoms with Gasteiger partial charge in [-0.15, -0.1) is 0 Å². The summed E-state index contributed by atoms with van der Waals surface area (Å²) in [5.74, 6) is -2.50. The molecule has 1 heterocycles. The van der Waals surface area contributed by atoms with Gasteiger partial charge >= 0.3 is 0 Å².